The SMILES string of the molecule is CC(C(=O)O)=C(O)CC(C)Oc1ccccc1. The fraction of sp³-hybridized carbons (Fsp3) is 0.308. The molecule has 0 radical (unpaired) electrons. The van der Waals surface area contributed by atoms with E-state index in [-0.39, 0.29) is 23.9 Å². The number of rotatable bonds is 5. The zero-order chi connectivity index (χ0) is 12.8. The van der Waals surface area contributed by atoms with E-state index in [2.05, 4.69) is 0 Å². The fourth-order valence-corrected chi connectivity index (χ4v) is 1.32. The number of aliphatic hydroxyl groups is 1. The maximum absolute atomic E-state index is 10.6. The third-order valence-electron chi connectivity index (χ3n) is 2.31. The Balaban J connectivity index is 2.59. The molecule has 1 rings (SSSR count). The van der Waals surface area contributed by atoms with E-state index in [0.29, 0.717) is 5.75 Å². The van der Waals surface area contributed by atoms with Gasteiger partial charge in [0.1, 0.15) is 17.6 Å². The number of hydrogen-bond donors (Lipinski definition) is 2. The normalized spacial score (nSPS) is 13.8. The van der Waals surface area contributed by atoms with Crippen molar-refractivity contribution in [3.8, 4) is 5.75 Å². The van der Waals surface area contributed by atoms with Crippen LogP contribution in [0.2, 0.25) is 0 Å². The summed E-state index contributed by atoms with van der Waals surface area (Å²) in [6, 6.07) is 9.19. The topological polar surface area (TPSA) is 66.8 Å². The van der Waals surface area contributed by atoms with E-state index >= 15 is 0 Å². The monoisotopic (exact) mass is 236 g/mol. The van der Waals surface area contributed by atoms with Crippen LogP contribution in [0, 0.1) is 0 Å². The molecule has 17 heavy (non-hydrogen) atoms. The van der Waals surface area contributed by atoms with Gasteiger partial charge in [0.25, 0.3) is 0 Å². The zero-order valence-corrected chi connectivity index (χ0v) is 9.88. The Hall–Kier alpha value is -1.97. The Kier molecular flexibility index (Phi) is 4.57. The van der Waals surface area contributed by atoms with Crippen LogP contribution < -0.4 is 4.74 Å². The molecule has 0 aliphatic heterocycles. The minimum atomic E-state index is -1.12. The Labute approximate surface area is 100 Å². The van der Waals surface area contributed by atoms with E-state index in [1.165, 1.54) is 6.92 Å². The van der Waals surface area contributed by atoms with Crippen LogP contribution in [0.4, 0.5) is 0 Å². The maximum atomic E-state index is 10.6. The number of para-hydroxylation sites is 1. The van der Waals surface area contributed by atoms with Crippen LogP contribution in [0.1, 0.15) is 20.3 Å². The molecular weight excluding hydrogens is 220 g/mol. The lowest BCUT2D eigenvalue weighted by Gasteiger charge is -2.14. The minimum absolute atomic E-state index is 0.0477. The van der Waals surface area contributed by atoms with Gasteiger partial charge in [0.05, 0.1) is 5.57 Å². The quantitative estimate of drug-likeness (QED) is 0.609. The number of ether oxygens (including phenoxy) is 1. The number of hydrogen-bond acceptors (Lipinski definition) is 3. The maximum Gasteiger partial charge on any atom is 0.334 e. The van der Waals surface area contributed by atoms with E-state index in [9.17, 15) is 9.90 Å². The highest BCUT2D eigenvalue weighted by Gasteiger charge is 2.12. The molecule has 1 atom stereocenters. The van der Waals surface area contributed by atoms with Crippen molar-refractivity contribution in [1.29, 1.82) is 0 Å². The lowest BCUT2D eigenvalue weighted by molar-refractivity contribution is -0.132. The van der Waals surface area contributed by atoms with Gasteiger partial charge in [-0.05, 0) is 26.0 Å². The molecule has 0 aliphatic rings. The van der Waals surface area contributed by atoms with Crippen molar-refractivity contribution in [3.63, 3.8) is 0 Å². The highest BCUT2D eigenvalue weighted by Crippen LogP contribution is 2.15. The summed E-state index contributed by atoms with van der Waals surface area (Å²) in [7, 11) is 0. The van der Waals surface area contributed by atoms with Gasteiger partial charge in [-0.3, -0.25) is 0 Å². The summed E-state index contributed by atoms with van der Waals surface area (Å²) in [5, 5.41) is 18.3. The first kappa shape index (κ1) is 13.1. The highest BCUT2D eigenvalue weighted by atomic mass is 16.5. The van der Waals surface area contributed by atoms with Gasteiger partial charge in [-0.25, -0.2) is 4.79 Å². The average Bonchev–Trinajstić information content (AvgIpc) is 2.28. The number of carbonyl (C=O) groups is 1. The lowest BCUT2D eigenvalue weighted by atomic mass is 10.1. The van der Waals surface area contributed by atoms with Crippen LogP contribution in [-0.2, 0) is 4.79 Å². The summed E-state index contributed by atoms with van der Waals surface area (Å²) < 4.78 is 5.53. The molecule has 0 amide bonds. The molecule has 0 heterocycles. The Morgan fingerprint density at radius 3 is 2.41 bits per heavy atom. The van der Waals surface area contributed by atoms with E-state index in [1.54, 1.807) is 19.1 Å². The van der Waals surface area contributed by atoms with Crippen LogP contribution in [-0.4, -0.2) is 22.3 Å². The highest BCUT2D eigenvalue weighted by molar-refractivity contribution is 5.86. The first-order chi connectivity index (χ1) is 8.00. The van der Waals surface area contributed by atoms with Gasteiger partial charge in [-0.2, -0.15) is 0 Å². The van der Waals surface area contributed by atoms with Gasteiger partial charge in [-0.1, -0.05) is 18.2 Å². The van der Waals surface area contributed by atoms with Crippen molar-refractivity contribution in [1.82, 2.24) is 0 Å². The van der Waals surface area contributed by atoms with E-state index in [4.69, 9.17) is 9.84 Å². The largest absolute Gasteiger partial charge is 0.512 e. The van der Waals surface area contributed by atoms with Crippen LogP contribution in [0.15, 0.2) is 41.7 Å². The second-order valence-corrected chi connectivity index (χ2v) is 3.82. The number of carboxylic acid groups (broad SMARTS) is 1. The van der Waals surface area contributed by atoms with Gasteiger partial charge in [0, 0.05) is 6.42 Å². The average molecular weight is 236 g/mol. The molecule has 0 bridgehead atoms. The van der Waals surface area contributed by atoms with Crippen LogP contribution >= 0.6 is 0 Å². The molecule has 92 valence electrons. The number of aliphatic hydroxyl groups excluding tert-OH is 1. The molecule has 4 nitrogen and oxygen atoms in total. The van der Waals surface area contributed by atoms with Gasteiger partial charge >= 0.3 is 5.97 Å². The van der Waals surface area contributed by atoms with Gasteiger partial charge in [0.15, 0.2) is 0 Å². The van der Waals surface area contributed by atoms with Crippen LogP contribution in [0.3, 0.4) is 0 Å². The van der Waals surface area contributed by atoms with Crippen molar-refractivity contribution in [2.24, 2.45) is 0 Å². The Morgan fingerprint density at radius 1 is 1.29 bits per heavy atom. The molecule has 2 N–H and O–H groups in total. The summed E-state index contributed by atoms with van der Waals surface area (Å²) in [5.74, 6) is -0.573. The summed E-state index contributed by atoms with van der Waals surface area (Å²) in [5.41, 5.74) is -0.0477. The van der Waals surface area contributed by atoms with Crippen molar-refractivity contribution in [3.05, 3.63) is 41.7 Å². The van der Waals surface area contributed by atoms with Crippen molar-refractivity contribution >= 4 is 5.97 Å². The Bertz CT molecular complexity index is 409. The molecule has 1 aromatic carbocycles. The zero-order valence-electron chi connectivity index (χ0n) is 9.88. The molecule has 0 saturated heterocycles. The molecule has 0 spiro atoms. The lowest BCUT2D eigenvalue weighted by Crippen LogP contribution is -2.14. The van der Waals surface area contributed by atoms with Gasteiger partial charge in [0.2, 0.25) is 0 Å². The van der Waals surface area contributed by atoms with Gasteiger partial charge in [-0.15, -0.1) is 0 Å². The molecule has 0 aliphatic carbocycles. The fourth-order valence-electron chi connectivity index (χ4n) is 1.32. The van der Waals surface area contributed by atoms with Gasteiger partial charge < -0.3 is 14.9 Å². The minimum Gasteiger partial charge on any atom is -0.512 e. The first-order valence-electron chi connectivity index (χ1n) is 5.34. The van der Waals surface area contributed by atoms with E-state index < -0.39 is 5.97 Å². The standard InChI is InChI=1S/C13H16O4/c1-9(8-12(14)10(2)13(15)16)17-11-6-4-3-5-7-11/h3-7,9,14H,8H2,1-2H3,(H,15,16). The van der Waals surface area contributed by atoms with Crippen molar-refractivity contribution < 1.29 is 19.7 Å². The Morgan fingerprint density at radius 2 is 1.88 bits per heavy atom. The molecule has 1 aromatic rings. The van der Waals surface area contributed by atoms with Crippen molar-refractivity contribution in [2.45, 2.75) is 26.4 Å². The first-order valence-corrected chi connectivity index (χ1v) is 5.34. The third-order valence-corrected chi connectivity index (χ3v) is 2.31. The molecule has 0 fully saturated rings. The summed E-state index contributed by atoms with van der Waals surface area (Å²) in [4.78, 5) is 10.6. The molecule has 0 aromatic heterocycles. The number of aliphatic carboxylic acids is 1. The number of carboxylic acids is 1. The smallest absolute Gasteiger partial charge is 0.334 e. The molecule has 4 heteroatoms. The predicted octanol–water partition coefficient (Wildman–Crippen LogP) is 2.76. The number of benzene rings is 1. The summed E-state index contributed by atoms with van der Waals surface area (Å²) in [6.07, 6.45) is -0.112. The predicted molar refractivity (Wildman–Crippen MR) is 64.1 cm³/mol. The second-order valence-electron chi connectivity index (χ2n) is 3.82. The summed E-state index contributed by atoms with van der Waals surface area (Å²) >= 11 is 0. The van der Waals surface area contributed by atoms with E-state index in [0.717, 1.165) is 0 Å². The molecule has 1 unspecified atom stereocenters. The second kappa shape index (κ2) is 5.94. The third kappa shape index (κ3) is 4.18. The van der Waals surface area contributed by atoms with Crippen molar-refractivity contribution in [2.75, 3.05) is 0 Å². The molecular formula is C13H16O4. The summed E-state index contributed by atoms with van der Waals surface area (Å²) in [6.45, 7) is 3.14. The molecule has 0 saturated carbocycles. The van der Waals surface area contributed by atoms with Crippen LogP contribution in [0.25, 0.3) is 0 Å². The van der Waals surface area contributed by atoms with Crippen LogP contribution in [0.5, 0.6) is 5.75 Å². The van der Waals surface area contributed by atoms with E-state index in [1.807, 2.05) is 18.2 Å².